The summed E-state index contributed by atoms with van der Waals surface area (Å²) in [6, 6.07) is 7.76. The van der Waals surface area contributed by atoms with Gasteiger partial charge >= 0.3 is 0 Å². The molecule has 4 aromatic rings. The number of nitrogens with two attached hydrogens (primary N) is 1. The van der Waals surface area contributed by atoms with Crippen LogP contribution in [0, 0.1) is 11.6 Å². The van der Waals surface area contributed by atoms with Crippen LogP contribution >= 0.6 is 0 Å². The highest BCUT2D eigenvalue weighted by Crippen LogP contribution is 2.29. The Morgan fingerprint density at radius 3 is 2.76 bits per heavy atom. The standard InChI is InChI=1S/C27H33F2N9O3/c1-35(27-32-25-14-21(23-3-2-11-40-23)34-38(25)26(30)33-27)5-6-36-7-9-37(10-8-36)22-15-24(20(29)13-19(22)28)41-17-18-16-39-12-4-31-18/h2-3,11,13-15,18,31H,4-10,12,16-17H2,1H3,(H2,30,32,33). The molecule has 2 fully saturated rings. The van der Waals surface area contributed by atoms with Crippen molar-refractivity contribution in [2.24, 2.45) is 0 Å². The van der Waals surface area contributed by atoms with Crippen molar-refractivity contribution in [1.29, 1.82) is 0 Å². The van der Waals surface area contributed by atoms with Gasteiger partial charge in [-0.05, 0) is 12.1 Å². The summed E-state index contributed by atoms with van der Waals surface area (Å²) in [6.45, 7) is 6.18. The normalized spacial score (nSPS) is 18.2. The van der Waals surface area contributed by atoms with Crippen LogP contribution in [0.15, 0.2) is 41.0 Å². The molecule has 1 unspecified atom stereocenters. The molecular weight excluding hydrogens is 536 g/mol. The molecular formula is C27H33F2N9O3. The molecule has 2 aliphatic rings. The van der Waals surface area contributed by atoms with Crippen LogP contribution in [0.4, 0.5) is 26.4 Å². The van der Waals surface area contributed by atoms with Crippen LogP contribution < -0.4 is 25.6 Å². The monoisotopic (exact) mass is 569 g/mol. The van der Waals surface area contributed by atoms with E-state index in [9.17, 15) is 8.78 Å². The third-order valence-corrected chi connectivity index (χ3v) is 7.36. The first-order valence-corrected chi connectivity index (χ1v) is 13.6. The van der Waals surface area contributed by atoms with Crippen LogP contribution in [0.2, 0.25) is 0 Å². The van der Waals surface area contributed by atoms with Crippen LogP contribution in [-0.4, -0.2) is 103 Å². The summed E-state index contributed by atoms with van der Waals surface area (Å²) in [5.74, 6) is 0.0940. The quantitative estimate of drug-likeness (QED) is 0.307. The number of aromatic nitrogens is 4. The number of hydrogen-bond acceptors (Lipinski definition) is 11. The number of nitrogen functional groups attached to an aromatic ring is 1. The fourth-order valence-electron chi connectivity index (χ4n) is 5.00. The highest BCUT2D eigenvalue weighted by atomic mass is 19.1. The highest BCUT2D eigenvalue weighted by Gasteiger charge is 2.23. The Morgan fingerprint density at radius 1 is 1.15 bits per heavy atom. The van der Waals surface area contributed by atoms with Gasteiger partial charge in [0.1, 0.15) is 18.1 Å². The third kappa shape index (κ3) is 6.04. The predicted molar refractivity (Wildman–Crippen MR) is 149 cm³/mol. The molecule has 1 atom stereocenters. The van der Waals surface area contributed by atoms with Gasteiger partial charge in [0.15, 0.2) is 23.0 Å². The molecule has 218 valence electrons. The summed E-state index contributed by atoms with van der Waals surface area (Å²) in [5.41, 5.74) is 7.71. The Kier molecular flexibility index (Phi) is 7.85. The number of morpholine rings is 1. The molecule has 0 radical (unpaired) electrons. The van der Waals surface area contributed by atoms with E-state index in [1.54, 1.807) is 18.4 Å². The maximum absolute atomic E-state index is 14.7. The average Bonchev–Trinajstić information content (AvgIpc) is 3.67. The Morgan fingerprint density at radius 2 is 2.00 bits per heavy atom. The van der Waals surface area contributed by atoms with Crippen LogP contribution in [-0.2, 0) is 4.74 Å². The van der Waals surface area contributed by atoms with E-state index in [-0.39, 0.29) is 24.3 Å². The fourth-order valence-corrected chi connectivity index (χ4v) is 5.00. The molecule has 41 heavy (non-hydrogen) atoms. The van der Waals surface area contributed by atoms with E-state index in [0.29, 0.717) is 61.6 Å². The largest absolute Gasteiger partial charge is 0.489 e. The summed E-state index contributed by atoms with van der Waals surface area (Å²) in [6.07, 6.45) is 1.59. The minimum Gasteiger partial charge on any atom is -0.489 e. The number of nitrogens with zero attached hydrogens (tertiary/aromatic N) is 7. The molecule has 14 heteroatoms. The maximum Gasteiger partial charge on any atom is 0.230 e. The van der Waals surface area contributed by atoms with Gasteiger partial charge in [-0.2, -0.15) is 19.6 Å². The van der Waals surface area contributed by atoms with Gasteiger partial charge in [0.05, 0.1) is 31.2 Å². The third-order valence-electron chi connectivity index (χ3n) is 7.36. The van der Waals surface area contributed by atoms with Crippen LogP contribution in [0.5, 0.6) is 5.75 Å². The maximum atomic E-state index is 14.7. The minimum absolute atomic E-state index is 0.0265. The Labute approximate surface area is 235 Å². The number of ether oxygens (including phenoxy) is 2. The van der Waals surface area contributed by atoms with Gasteiger partial charge in [0, 0.05) is 71.1 Å². The molecule has 0 aliphatic carbocycles. The number of fused-ring (bicyclic) bond motifs is 1. The van der Waals surface area contributed by atoms with Crippen LogP contribution in [0.3, 0.4) is 0 Å². The highest BCUT2D eigenvalue weighted by molar-refractivity contribution is 5.61. The summed E-state index contributed by atoms with van der Waals surface area (Å²) in [5, 5.41) is 7.70. The number of rotatable bonds is 9. The van der Waals surface area contributed by atoms with E-state index in [1.807, 2.05) is 22.9 Å². The van der Waals surface area contributed by atoms with Gasteiger partial charge in [-0.25, -0.2) is 8.78 Å². The van der Waals surface area contributed by atoms with Crippen LogP contribution in [0.1, 0.15) is 0 Å². The number of likely N-dealkylation sites (N-methyl/N-ethyl adjacent to an activating group) is 1. The zero-order valence-electron chi connectivity index (χ0n) is 22.8. The number of hydrogen-bond donors (Lipinski definition) is 2. The van der Waals surface area contributed by atoms with Gasteiger partial charge in [0.2, 0.25) is 11.9 Å². The van der Waals surface area contributed by atoms with Crippen molar-refractivity contribution < 1.29 is 22.7 Å². The van der Waals surface area contributed by atoms with Crippen molar-refractivity contribution in [2.45, 2.75) is 6.04 Å². The molecule has 12 nitrogen and oxygen atoms in total. The number of piperazine rings is 1. The van der Waals surface area contributed by atoms with Gasteiger partial charge in [0.25, 0.3) is 0 Å². The molecule has 2 saturated heterocycles. The zero-order valence-corrected chi connectivity index (χ0v) is 22.8. The van der Waals surface area contributed by atoms with Gasteiger partial charge in [-0.1, -0.05) is 0 Å². The first-order valence-electron chi connectivity index (χ1n) is 13.6. The Hall–Kier alpha value is -4.01. The first kappa shape index (κ1) is 27.2. The summed E-state index contributed by atoms with van der Waals surface area (Å²) in [4.78, 5) is 15.2. The minimum atomic E-state index is -0.709. The molecule has 1 aromatic carbocycles. The summed E-state index contributed by atoms with van der Waals surface area (Å²) < 4.78 is 47.2. The van der Waals surface area contributed by atoms with Crippen molar-refractivity contribution in [2.75, 3.05) is 88.2 Å². The first-order chi connectivity index (χ1) is 19.9. The molecule has 3 aromatic heterocycles. The van der Waals surface area contributed by atoms with E-state index in [1.165, 1.54) is 10.6 Å². The van der Waals surface area contributed by atoms with Crippen molar-refractivity contribution in [3.8, 4) is 17.2 Å². The molecule has 5 heterocycles. The smallest absolute Gasteiger partial charge is 0.230 e. The molecule has 3 N–H and O–H groups in total. The molecule has 0 saturated carbocycles. The lowest BCUT2D eigenvalue weighted by molar-refractivity contribution is 0.0586. The Bertz CT molecular complexity index is 1470. The average molecular weight is 570 g/mol. The van der Waals surface area contributed by atoms with E-state index in [4.69, 9.17) is 19.6 Å². The van der Waals surface area contributed by atoms with E-state index < -0.39 is 11.6 Å². The predicted octanol–water partition coefficient (Wildman–Crippen LogP) is 1.87. The molecule has 6 rings (SSSR count). The topological polar surface area (TPSA) is 122 Å². The van der Waals surface area contributed by atoms with E-state index in [2.05, 4.69) is 25.3 Å². The van der Waals surface area contributed by atoms with Gasteiger partial charge in [-0.15, -0.1) is 0 Å². The van der Waals surface area contributed by atoms with Gasteiger partial charge < -0.3 is 34.7 Å². The molecule has 2 aliphatic heterocycles. The zero-order chi connectivity index (χ0) is 28.3. The summed E-state index contributed by atoms with van der Waals surface area (Å²) >= 11 is 0. The van der Waals surface area contributed by atoms with Crippen molar-refractivity contribution in [3.63, 3.8) is 0 Å². The number of anilines is 3. The number of nitrogens with one attached hydrogen (secondary N) is 1. The van der Waals surface area contributed by atoms with Gasteiger partial charge in [-0.3, -0.25) is 4.90 Å². The molecule has 0 amide bonds. The lowest BCUT2D eigenvalue weighted by atomic mass is 10.2. The Balaban J connectivity index is 1.03. The summed E-state index contributed by atoms with van der Waals surface area (Å²) in [7, 11) is 1.91. The lowest BCUT2D eigenvalue weighted by Crippen LogP contribution is -2.48. The second kappa shape index (κ2) is 11.8. The van der Waals surface area contributed by atoms with Crippen molar-refractivity contribution in [1.82, 2.24) is 29.8 Å². The number of halogens is 2. The SMILES string of the molecule is CN(CCN1CCN(c2cc(OCC3COCCN3)c(F)cc2F)CC1)c1nc(N)n2nc(-c3ccco3)cc2n1. The lowest BCUT2D eigenvalue weighted by Gasteiger charge is -2.37. The fraction of sp³-hybridized carbons (Fsp3) is 0.444. The number of furan rings is 1. The molecule has 0 bridgehead atoms. The van der Waals surface area contributed by atoms with Crippen molar-refractivity contribution >= 4 is 23.2 Å². The molecule has 0 spiro atoms. The second-order valence-corrected chi connectivity index (χ2v) is 10.2. The van der Waals surface area contributed by atoms with Crippen LogP contribution in [0.25, 0.3) is 17.1 Å². The van der Waals surface area contributed by atoms with E-state index >= 15 is 0 Å². The number of benzene rings is 1. The van der Waals surface area contributed by atoms with E-state index in [0.717, 1.165) is 32.2 Å². The van der Waals surface area contributed by atoms with Crippen molar-refractivity contribution in [3.05, 3.63) is 48.2 Å². The second-order valence-electron chi connectivity index (χ2n) is 10.2.